The lowest BCUT2D eigenvalue weighted by Gasteiger charge is -2.11. The maximum Gasteiger partial charge on any atom is 0.234 e. The van der Waals surface area contributed by atoms with Crippen LogP contribution < -0.4 is 11.2 Å². The second kappa shape index (κ2) is 8.05. The molecule has 2 aromatic carbocycles. The average molecular weight is 367 g/mol. The van der Waals surface area contributed by atoms with Crippen molar-refractivity contribution in [2.24, 2.45) is 0 Å². The highest BCUT2D eigenvalue weighted by atomic mass is 32.2. The second-order valence-corrected chi connectivity index (χ2v) is 6.98. The third-order valence-corrected chi connectivity index (χ3v) is 4.96. The van der Waals surface area contributed by atoms with Gasteiger partial charge in [0.1, 0.15) is 0 Å². The van der Waals surface area contributed by atoms with Gasteiger partial charge in [-0.25, -0.2) is 4.68 Å². The summed E-state index contributed by atoms with van der Waals surface area (Å²) in [6.07, 6.45) is 0.597. The predicted molar refractivity (Wildman–Crippen MR) is 105 cm³/mol. The summed E-state index contributed by atoms with van der Waals surface area (Å²) in [6.45, 7) is 3.95. The van der Waals surface area contributed by atoms with E-state index in [9.17, 15) is 4.79 Å². The standard InChI is InChI=1S/C19H21N5OS/c1-13-7-6-8-14(2)18(13)21-17(25)12-26-19-23-22-16(24(19)20)11-15-9-4-3-5-10-15/h3-10H,11-12,20H2,1-2H3,(H,21,25). The zero-order valence-corrected chi connectivity index (χ0v) is 15.6. The van der Waals surface area contributed by atoms with Crippen molar-refractivity contribution in [3.63, 3.8) is 0 Å². The Morgan fingerprint density at radius 2 is 1.77 bits per heavy atom. The van der Waals surface area contributed by atoms with Crippen molar-refractivity contribution in [1.82, 2.24) is 14.9 Å². The number of thioether (sulfide) groups is 1. The summed E-state index contributed by atoms with van der Waals surface area (Å²) in [5.74, 6) is 6.86. The smallest absolute Gasteiger partial charge is 0.234 e. The van der Waals surface area contributed by atoms with Crippen LogP contribution in [0.3, 0.4) is 0 Å². The molecular formula is C19H21N5OS. The first-order valence-corrected chi connectivity index (χ1v) is 9.25. The molecule has 0 fully saturated rings. The number of aryl methyl sites for hydroxylation is 2. The first-order chi connectivity index (χ1) is 12.5. The molecule has 3 aromatic rings. The van der Waals surface area contributed by atoms with Gasteiger partial charge in [-0.2, -0.15) is 0 Å². The zero-order chi connectivity index (χ0) is 18.5. The summed E-state index contributed by atoms with van der Waals surface area (Å²) in [6, 6.07) is 15.9. The Morgan fingerprint density at radius 1 is 1.08 bits per heavy atom. The lowest BCUT2D eigenvalue weighted by Crippen LogP contribution is -2.18. The van der Waals surface area contributed by atoms with Gasteiger partial charge in [-0.3, -0.25) is 4.79 Å². The van der Waals surface area contributed by atoms with E-state index < -0.39 is 0 Å². The minimum atomic E-state index is -0.0972. The van der Waals surface area contributed by atoms with Crippen molar-refractivity contribution in [2.75, 3.05) is 16.9 Å². The fraction of sp³-hybridized carbons (Fsp3) is 0.211. The highest BCUT2D eigenvalue weighted by Crippen LogP contribution is 2.21. The second-order valence-electron chi connectivity index (χ2n) is 6.03. The minimum Gasteiger partial charge on any atom is -0.336 e. The SMILES string of the molecule is Cc1cccc(C)c1NC(=O)CSc1nnc(Cc2ccccc2)n1N. The Balaban J connectivity index is 1.60. The van der Waals surface area contributed by atoms with Crippen molar-refractivity contribution >= 4 is 23.4 Å². The van der Waals surface area contributed by atoms with Crippen LogP contribution in [0.2, 0.25) is 0 Å². The van der Waals surface area contributed by atoms with E-state index in [2.05, 4.69) is 15.5 Å². The Labute approximate surface area is 156 Å². The first-order valence-electron chi connectivity index (χ1n) is 8.26. The molecule has 1 aromatic heterocycles. The van der Waals surface area contributed by atoms with E-state index in [1.165, 1.54) is 16.4 Å². The van der Waals surface area contributed by atoms with Crippen LogP contribution in [0.1, 0.15) is 22.5 Å². The van der Waals surface area contributed by atoms with Crippen molar-refractivity contribution in [2.45, 2.75) is 25.4 Å². The molecule has 26 heavy (non-hydrogen) atoms. The Kier molecular flexibility index (Phi) is 5.58. The topological polar surface area (TPSA) is 85.8 Å². The number of nitrogens with zero attached hydrogens (tertiary/aromatic N) is 3. The molecule has 3 N–H and O–H groups in total. The van der Waals surface area contributed by atoms with Gasteiger partial charge in [0.05, 0.1) is 5.75 Å². The number of benzene rings is 2. The Morgan fingerprint density at radius 3 is 2.46 bits per heavy atom. The summed E-state index contributed by atoms with van der Waals surface area (Å²) >= 11 is 1.27. The number of anilines is 1. The van der Waals surface area contributed by atoms with Crippen LogP contribution in [0.25, 0.3) is 0 Å². The maximum absolute atomic E-state index is 12.3. The van der Waals surface area contributed by atoms with Crippen molar-refractivity contribution < 1.29 is 4.79 Å². The van der Waals surface area contributed by atoms with Crippen LogP contribution in [0.5, 0.6) is 0 Å². The number of hydrogen-bond donors (Lipinski definition) is 2. The summed E-state index contributed by atoms with van der Waals surface area (Å²) in [5.41, 5.74) is 4.04. The minimum absolute atomic E-state index is 0.0972. The molecule has 0 unspecified atom stereocenters. The summed E-state index contributed by atoms with van der Waals surface area (Å²) < 4.78 is 1.45. The average Bonchev–Trinajstić information content (AvgIpc) is 2.97. The number of amides is 1. The van der Waals surface area contributed by atoms with Crippen molar-refractivity contribution in [1.29, 1.82) is 0 Å². The summed E-state index contributed by atoms with van der Waals surface area (Å²) in [5, 5.41) is 11.7. The van der Waals surface area contributed by atoms with E-state index in [-0.39, 0.29) is 11.7 Å². The van der Waals surface area contributed by atoms with Gasteiger partial charge < -0.3 is 11.2 Å². The van der Waals surface area contributed by atoms with Gasteiger partial charge in [-0.15, -0.1) is 10.2 Å². The zero-order valence-electron chi connectivity index (χ0n) is 14.8. The van der Waals surface area contributed by atoms with E-state index in [1.807, 2.05) is 62.4 Å². The van der Waals surface area contributed by atoms with Crippen LogP contribution >= 0.6 is 11.8 Å². The number of nitrogens with two attached hydrogens (primary N) is 1. The largest absolute Gasteiger partial charge is 0.336 e. The third kappa shape index (κ3) is 4.23. The molecule has 0 saturated heterocycles. The molecule has 3 rings (SSSR count). The van der Waals surface area contributed by atoms with Gasteiger partial charge in [0, 0.05) is 12.1 Å². The van der Waals surface area contributed by atoms with Gasteiger partial charge in [-0.1, -0.05) is 60.3 Å². The van der Waals surface area contributed by atoms with Crippen LogP contribution in [-0.2, 0) is 11.2 Å². The number of para-hydroxylation sites is 1. The Hall–Kier alpha value is -2.80. The van der Waals surface area contributed by atoms with Gasteiger partial charge in [0.25, 0.3) is 0 Å². The number of carbonyl (C=O) groups excluding carboxylic acids is 1. The Bertz CT molecular complexity index is 887. The molecule has 0 saturated carbocycles. The quantitative estimate of drug-likeness (QED) is 0.517. The van der Waals surface area contributed by atoms with E-state index in [4.69, 9.17) is 5.84 Å². The van der Waals surface area contributed by atoms with Crippen molar-refractivity contribution in [3.8, 4) is 0 Å². The van der Waals surface area contributed by atoms with Crippen LogP contribution in [0.15, 0.2) is 53.7 Å². The van der Waals surface area contributed by atoms with Crippen LogP contribution in [-0.4, -0.2) is 26.5 Å². The number of aromatic nitrogens is 3. The van der Waals surface area contributed by atoms with Gasteiger partial charge in [-0.05, 0) is 30.5 Å². The molecule has 134 valence electrons. The number of nitrogen functional groups attached to an aromatic ring is 1. The fourth-order valence-corrected chi connectivity index (χ4v) is 3.30. The van der Waals surface area contributed by atoms with Crippen molar-refractivity contribution in [3.05, 3.63) is 71.0 Å². The molecule has 0 bridgehead atoms. The number of carbonyl (C=O) groups is 1. The maximum atomic E-state index is 12.3. The number of rotatable bonds is 6. The molecule has 0 radical (unpaired) electrons. The lowest BCUT2D eigenvalue weighted by molar-refractivity contribution is -0.113. The summed E-state index contributed by atoms with van der Waals surface area (Å²) in [4.78, 5) is 12.3. The van der Waals surface area contributed by atoms with Crippen LogP contribution in [0.4, 0.5) is 5.69 Å². The number of hydrogen-bond acceptors (Lipinski definition) is 5. The molecule has 0 aliphatic rings. The van der Waals surface area contributed by atoms with Gasteiger partial charge in [0.15, 0.2) is 5.82 Å². The van der Waals surface area contributed by atoms with Crippen LogP contribution in [0, 0.1) is 13.8 Å². The molecule has 0 aliphatic carbocycles. The molecule has 6 nitrogen and oxygen atoms in total. The lowest BCUT2D eigenvalue weighted by atomic mass is 10.1. The van der Waals surface area contributed by atoms with E-state index in [0.29, 0.717) is 17.4 Å². The highest BCUT2D eigenvalue weighted by molar-refractivity contribution is 7.99. The summed E-state index contributed by atoms with van der Waals surface area (Å²) in [7, 11) is 0. The first kappa shape index (κ1) is 18.0. The molecular weight excluding hydrogens is 346 g/mol. The number of nitrogens with one attached hydrogen (secondary N) is 1. The molecule has 1 amide bonds. The van der Waals surface area contributed by atoms with E-state index in [0.717, 1.165) is 22.4 Å². The molecule has 0 spiro atoms. The van der Waals surface area contributed by atoms with Gasteiger partial charge in [0.2, 0.25) is 11.1 Å². The highest BCUT2D eigenvalue weighted by Gasteiger charge is 2.13. The monoisotopic (exact) mass is 367 g/mol. The third-order valence-electron chi connectivity index (χ3n) is 4.02. The fourth-order valence-electron chi connectivity index (χ4n) is 2.62. The van der Waals surface area contributed by atoms with Gasteiger partial charge >= 0.3 is 0 Å². The molecule has 0 atom stereocenters. The normalized spacial score (nSPS) is 10.7. The predicted octanol–water partition coefficient (Wildman–Crippen LogP) is 2.93. The van der Waals surface area contributed by atoms with E-state index >= 15 is 0 Å². The van der Waals surface area contributed by atoms with E-state index in [1.54, 1.807) is 0 Å². The molecule has 7 heteroatoms. The molecule has 0 aliphatic heterocycles. The molecule has 1 heterocycles.